The van der Waals surface area contributed by atoms with Gasteiger partial charge in [-0.2, -0.15) is 4.31 Å². The van der Waals surface area contributed by atoms with Crippen LogP contribution in [0.4, 0.5) is 5.69 Å². The van der Waals surface area contributed by atoms with Crippen LogP contribution in [0.3, 0.4) is 0 Å². The highest BCUT2D eigenvalue weighted by molar-refractivity contribution is 7.89. The van der Waals surface area contributed by atoms with E-state index in [-0.39, 0.29) is 16.8 Å². The first-order chi connectivity index (χ1) is 9.45. The van der Waals surface area contributed by atoms with E-state index in [1.807, 2.05) is 0 Å². The predicted molar refractivity (Wildman–Crippen MR) is 71.7 cm³/mol. The summed E-state index contributed by atoms with van der Waals surface area (Å²) < 4.78 is 26.2. The van der Waals surface area contributed by atoms with Crippen molar-refractivity contribution in [1.82, 2.24) is 14.6 Å². The average molecular weight is 300 g/mol. The Bertz CT molecular complexity index is 587. The third-order valence-corrected chi connectivity index (χ3v) is 5.11. The molecule has 1 aromatic heterocycles. The molecule has 2 rings (SSSR count). The fraction of sp³-hybridized carbons (Fsp3) is 0.545. The molecular weight excluding hydrogens is 284 g/mol. The standard InChI is InChI=1S/C11H16N4O4S/c1-12-9-3-2-6-14(8-9)20(18,19)11-5-4-10(7-13-11)15(16)17/h4-5,7,9,12H,2-3,6,8H2,1H3/t9-/m0/s1. The van der Waals surface area contributed by atoms with Crippen LogP contribution in [0.15, 0.2) is 23.4 Å². The minimum absolute atomic E-state index is 0.122. The molecule has 1 aromatic rings. The van der Waals surface area contributed by atoms with Crippen molar-refractivity contribution in [3.05, 3.63) is 28.4 Å². The molecule has 110 valence electrons. The van der Waals surface area contributed by atoms with Gasteiger partial charge in [0.05, 0.1) is 4.92 Å². The molecule has 0 amide bonds. The molecule has 1 fully saturated rings. The van der Waals surface area contributed by atoms with Crippen molar-refractivity contribution < 1.29 is 13.3 Å². The summed E-state index contributed by atoms with van der Waals surface area (Å²) in [7, 11) is -1.89. The highest BCUT2D eigenvalue weighted by atomic mass is 32.2. The molecule has 1 aliphatic heterocycles. The lowest BCUT2D eigenvalue weighted by Gasteiger charge is -2.31. The highest BCUT2D eigenvalue weighted by Crippen LogP contribution is 2.20. The van der Waals surface area contributed by atoms with Gasteiger partial charge in [-0.3, -0.25) is 10.1 Å². The second-order valence-corrected chi connectivity index (χ2v) is 6.49. The van der Waals surface area contributed by atoms with E-state index in [2.05, 4.69) is 10.3 Å². The lowest BCUT2D eigenvalue weighted by Crippen LogP contribution is -2.47. The number of nitrogens with zero attached hydrogens (tertiary/aromatic N) is 3. The predicted octanol–water partition coefficient (Wildman–Crippen LogP) is 0.362. The van der Waals surface area contributed by atoms with E-state index in [9.17, 15) is 18.5 Å². The van der Waals surface area contributed by atoms with E-state index < -0.39 is 14.9 Å². The molecule has 1 saturated heterocycles. The zero-order valence-corrected chi connectivity index (χ0v) is 11.8. The monoisotopic (exact) mass is 300 g/mol. The van der Waals surface area contributed by atoms with Crippen molar-refractivity contribution >= 4 is 15.7 Å². The van der Waals surface area contributed by atoms with Crippen LogP contribution in [0.1, 0.15) is 12.8 Å². The fourth-order valence-corrected chi connectivity index (χ4v) is 3.60. The fourth-order valence-electron chi connectivity index (χ4n) is 2.16. The Labute approximate surface area is 117 Å². The Balaban J connectivity index is 2.23. The maximum Gasteiger partial charge on any atom is 0.287 e. The van der Waals surface area contributed by atoms with Gasteiger partial charge in [-0.15, -0.1) is 0 Å². The molecule has 0 saturated carbocycles. The van der Waals surface area contributed by atoms with Crippen molar-refractivity contribution in [3.8, 4) is 0 Å². The number of nitro groups is 1. The number of likely N-dealkylation sites (N-methyl/N-ethyl adjacent to an activating group) is 1. The molecule has 0 spiro atoms. The molecule has 0 radical (unpaired) electrons. The maximum absolute atomic E-state index is 12.4. The van der Waals surface area contributed by atoms with Crippen LogP contribution >= 0.6 is 0 Å². The molecule has 0 unspecified atom stereocenters. The maximum atomic E-state index is 12.4. The Morgan fingerprint density at radius 1 is 1.50 bits per heavy atom. The molecular formula is C11H16N4O4S. The number of rotatable bonds is 4. The highest BCUT2D eigenvalue weighted by Gasteiger charge is 2.30. The van der Waals surface area contributed by atoms with Crippen molar-refractivity contribution in [2.24, 2.45) is 0 Å². The van der Waals surface area contributed by atoms with Crippen molar-refractivity contribution in [3.63, 3.8) is 0 Å². The Morgan fingerprint density at radius 3 is 2.80 bits per heavy atom. The SMILES string of the molecule is CN[C@H]1CCCN(S(=O)(=O)c2ccc([N+](=O)[O-])cn2)C1. The molecule has 8 nitrogen and oxygen atoms in total. The Morgan fingerprint density at radius 2 is 2.25 bits per heavy atom. The van der Waals surface area contributed by atoms with Gasteiger partial charge in [0.1, 0.15) is 6.20 Å². The van der Waals surface area contributed by atoms with Crippen LogP contribution in [0.25, 0.3) is 0 Å². The summed E-state index contributed by atoms with van der Waals surface area (Å²) in [5.74, 6) is 0. The summed E-state index contributed by atoms with van der Waals surface area (Å²) in [6, 6.07) is 2.45. The van der Waals surface area contributed by atoms with E-state index in [0.717, 1.165) is 25.1 Å². The molecule has 0 bridgehead atoms. The van der Waals surface area contributed by atoms with E-state index in [1.54, 1.807) is 7.05 Å². The molecule has 2 heterocycles. The number of piperidine rings is 1. The number of sulfonamides is 1. The lowest BCUT2D eigenvalue weighted by atomic mass is 10.1. The average Bonchev–Trinajstić information content (AvgIpc) is 2.47. The zero-order valence-electron chi connectivity index (χ0n) is 11.0. The molecule has 1 atom stereocenters. The van der Waals surface area contributed by atoms with Crippen molar-refractivity contribution in [1.29, 1.82) is 0 Å². The molecule has 9 heteroatoms. The summed E-state index contributed by atoms with van der Waals surface area (Å²) in [6.45, 7) is 0.830. The van der Waals surface area contributed by atoms with Crippen LogP contribution in [0.5, 0.6) is 0 Å². The van der Waals surface area contributed by atoms with Crippen LogP contribution in [0.2, 0.25) is 0 Å². The minimum atomic E-state index is -3.69. The first kappa shape index (κ1) is 14.8. The number of nitrogens with one attached hydrogen (secondary N) is 1. The summed E-state index contributed by atoms with van der Waals surface area (Å²) in [5.41, 5.74) is -0.226. The quantitative estimate of drug-likeness (QED) is 0.636. The van der Waals surface area contributed by atoms with E-state index in [4.69, 9.17) is 0 Å². The Hall–Kier alpha value is -1.58. The molecule has 1 N–H and O–H groups in total. The normalized spacial score (nSPS) is 20.8. The summed E-state index contributed by atoms with van der Waals surface area (Å²) in [6.07, 6.45) is 2.67. The van der Waals surface area contributed by atoms with Crippen molar-refractivity contribution in [2.45, 2.75) is 23.9 Å². The van der Waals surface area contributed by atoms with Gasteiger partial charge in [0.15, 0.2) is 5.03 Å². The lowest BCUT2D eigenvalue weighted by molar-refractivity contribution is -0.385. The van der Waals surface area contributed by atoms with Gasteiger partial charge in [-0.1, -0.05) is 0 Å². The van der Waals surface area contributed by atoms with Crippen LogP contribution < -0.4 is 5.32 Å². The first-order valence-corrected chi connectivity index (χ1v) is 7.67. The summed E-state index contributed by atoms with van der Waals surface area (Å²) in [5, 5.41) is 13.5. The molecule has 0 aliphatic carbocycles. The molecule has 0 aromatic carbocycles. The van der Waals surface area contributed by atoms with E-state index >= 15 is 0 Å². The number of hydrogen-bond acceptors (Lipinski definition) is 6. The summed E-state index contributed by atoms with van der Waals surface area (Å²) >= 11 is 0. The van der Waals surface area contributed by atoms with Crippen LogP contribution in [0, 0.1) is 10.1 Å². The van der Waals surface area contributed by atoms with Crippen LogP contribution in [-0.4, -0.2) is 48.8 Å². The summed E-state index contributed by atoms with van der Waals surface area (Å²) in [4.78, 5) is 13.6. The van der Waals surface area contributed by atoms with E-state index in [1.165, 1.54) is 10.4 Å². The number of aromatic nitrogens is 1. The van der Waals surface area contributed by atoms with Gasteiger partial charge >= 0.3 is 0 Å². The third kappa shape index (κ3) is 2.94. The second kappa shape index (κ2) is 5.81. The Kier molecular flexibility index (Phi) is 4.31. The van der Waals surface area contributed by atoms with Crippen LogP contribution in [-0.2, 0) is 10.0 Å². The number of pyridine rings is 1. The minimum Gasteiger partial charge on any atom is -0.316 e. The van der Waals surface area contributed by atoms with E-state index in [0.29, 0.717) is 13.1 Å². The van der Waals surface area contributed by atoms with Crippen molar-refractivity contribution in [2.75, 3.05) is 20.1 Å². The third-order valence-electron chi connectivity index (χ3n) is 3.33. The van der Waals surface area contributed by atoms with Gasteiger partial charge < -0.3 is 5.32 Å². The smallest absolute Gasteiger partial charge is 0.287 e. The van der Waals surface area contributed by atoms with Gasteiger partial charge in [0.25, 0.3) is 15.7 Å². The second-order valence-electron chi connectivity index (χ2n) is 4.60. The molecule has 1 aliphatic rings. The topological polar surface area (TPSA) is 105 Å². The molecule has 20 heavy (non-hydrogen) atoms. The van der Waals surface area contributed by atoms with Gasteiger partial charge in [-0.25, -0.2) is 13.4 Å². The largest absolute Gasteiger partial charge is 0.316 e. The number of hydrogen-bond donors (Lipinski definition) is 1. The zero-order chi connectivity index (χ0) is 14.8. The van der Waals surface area contributed by atoms with Gasteiger partial charge in [0, 0.05) is 25.2 Å². The van der Waals surface area contributed by atoms with Gasteiger partial charge in [-0.05, 0) is 26.0 Å². The van der Waals surface area contributed by atoms with Gasteiger partial charge in [0.2, 0.25) is 0 Å². The first-order valence-electron chi connectivity index (χ1n) is 6.23.